The lowest BCUT2D eigenvalue weighted by Crippen LogP contribution is -2.03. The van der Waals surface area contributed by atoms with E-state index in [9.17, 15) is 9.59 Å². The Morgan fingerprint density at radius 2 is 1.39 bits per heavy atom. The van der Waals surface area contributed by atoms with Crippen molar-refractivity contribution >= 4 is 11.8 Å². The van der Waals surface area contributed by atoms with E-state index in [1.165, 1.54) is 5.56 Å². The van der Waals surface area contributed by atoms with Gasteiger partial charge in [0, 0.05) is 5.56 Å². The normalized spacial score (nSPS) is 9.94. The third-order valence-electron chi connectivity index (χ3n) is 2.48. The van der Waals surface area contributed by atoms with Crippen LogP contribution in [0.25, 0.3) is 0 Å². The molecule has 0 spiro atoms. The van der Waals surface area contributed by atoms with E-state index in [2.05, 4.69) is 13.8 Å². The predicted octanol–water partition coefficient (Wildman–Crippen LogP) is 3.74. The van der Waals surface area contributed by atoms with Gasteiger partial charge in [-0.05, 0) is 18.4 Å². The molecule has 0 heterocycles. The molecule has 1 N–H and O–H groups in total. The minimum atomic E-state index is -0.741. The second-order valence-electron chi connectivity index (χ2n) is 4.83. The Kier molecular flexibility index (Phi) is 6.94. The van der Waals surface area contributed by atoms with Crippen LogP contribution in [-0.2, 0) is 4.79 Å². The van der Waals surface area contributed by atoms with Crippen LogP contribution in [-0.4, -0.2) is 16.9 Å². The zero-order chi connectivity index (χ0) is 14.3. The molecule has 3 nitrogen and oxygen atoms in total. The first-order chi connectivity index (χ1) is 8.25. The van der Waals surface area contributed by atoms with Crippen LogP contribution in [0.5, 0.6) is 0 Å². The summed E-state index contributed by atoms with van der Waals surface area (Å²) in [7, 11) is 0. The van der Waals surface area contributed by atoms with E-state index in [-0.39, 0.29) is 11.7 Å². The van der Waals surface area contributed by atoms with Crippen LogP contribution >= 0.6 is 0 Å². The van der Waals surface area contributed by atoms with Gasteiger partial charge >= 0.3 is 5.97 Å². The lowest BCUT2D eigenvalue weighted by Gasteiger charge is -2.04. The number of hydrogen-bond acceptors (Lipinski definition) is 2. The van der Waals surface area contributed by atoms with Crippen LogP contribution in [0, 0.1) is 5.92 Å². The second kappa shape index (κ2) is 7.64. The highest BCUT2D eigenvalue weighted by molar-refractivity contribution is 5.94. The van der Waals surface area contributed by atoms with Crippen LogP contribution in [0.3, 0.4) is 0 Å². The third-order valence-corrected chi connectivity index (χ3v) is 2.48. The first kappa shape index (κ1) is 16.4. The van der Waals surface area contributed by atoms with Crippen LogP contribution in [0.4, 0.5) is 0 Å². The molecule has 1 rings (SSSR count). The molecule has 0 amide bonds. The summed E-state index contributed by atoms with van der Waals surface area (Å²) in [6.45, 7) is 9.15. The molecule has 0 bridgehead atoms. The van der Waals surface area contributed by atoms with Crippen molar-refractivity contribution in [3.05, 3.63) is 35.4 Å². The van der Waals surface area contributed by atoms with Gasteiger partial charge in [0.25, 0.3) is 0 Å². The number of carbonyl (C=O) groups is 2. The smallest absolute Gasteiger partial charge is 0.305 e. The van der Waals surface area contributed by atoms with Crippen molar-refractivity contribution in [2.45, 2.75) is 40.5 Å². The zero-order valence-electron chi connectivity index (χ0n) is 11.7. The molecule has 0 aliphatic rings. The summed E-state index contributed by atoms with van der Waals surface area (Å²) in [6.07, 6.45) is 0. The summed E-state index contributed by atoms with van der Waals surface area (Å²) in [5, 5.41) is 7.99. The number of aliphatic carboxylic acids is 1. The minimum Gasteiger partial charge on any atom is -0.481 e. The maximum absolute atomic E-state index is 10.9. The average molecular weight is 250 g/mol. The molecule has 18 heavy (non-hydrogen) atoms. The van der Waals surface area contributed by atoms with Gasteiger partial charge in [-0.3, -0.25) is 9.59 Å². The number of benzene rings is 1. The summed E-state index contributed by atoms with van der Waals surface area (Å²) in [4.78, 5) is 20.6. The highest BCUT2D eigenvalue weighted by atomic mass is 16.4. The van der Waals surface area contributed by atoms with E-state index in [0.29, 0.717) is 5.92 Å². The third kappa shape index (κ3) is 6.18. The van der Waals surface area contributed by atoms with E-state index in [0.717, 1.165) is 5.56 Å². The Bertz CT molecular complexity index is 389. The minimum absolute atomic E-state index is 0.130. The van der Waals surface area contributed by atoms with Gasteiger partial charge < -0.3 is 5.11 Å². The molecular weight excluding hydrogens is 228 g/mol. The lowest BCUT2D eigenvalue weighted by atomic mass is 10.0. The summed E-state index contributed by atoms with van der Waals surface area (Å²) < 4.78 is 0. The van der Waals surface area contributed by atoms with Gasteiger partial charge in [0.15, 0.2) is 5.78 Å². The fourth-order valence-corrected chi connectivity index (χ4v) is 1.10. The average Bonchev–Trinajstić information content (AvgIpc) is 2.29. The number of ketones is 1. The van der Waals surface area contributed by atoms with Gasteiger partial charge in [-0.1, -0.05) is 52.0 Å². The molecule has 0 atom stereocenters. The molecule has 0 radical (unpaired) electrons. The molecule has 1 aromatic rings. The molecule has 0 aromatic heterocycles. The van der Waals surface area contributed by atoms with Gasteiger partial charge in [-0.25, -0.2) is 0 Å². The van der Waals surface area contributed by atoms with E-state index in [1.54, 1.807) is 20.8 Å². The van der Waals surface area contributed by atoms with Crippen LogP contribution in [0.1, 0.15) is 56.5 Å². The van der Waals surface area contributed by atoms with Gasteiger partial charge in [0.2, 0.25) is 0 Å². The highest BCUT2D eigenvalue weighted by Crippen LogP contribution is 2.14. The SMILES string of the molecule is CC(=O)c1ccc(C(C)C)cc1.CC(C)C(=O)O. The predicted molar refractivity (Wildman–Crippen MR) is 73.0 cm³/mol. The molecule has 1 aromatic carbocycles. The van der Waals surface area contributed by atoms with Crippen molar-refractivity contribution in [2.75, 3.05) is 0 Å². The van der Waals surface area contributed by atoms with Gasteiger partial charge in [0.1, 0.15) is 0 Å². The fourth-order valence-electron chi connectivity index (χ4n) is 1.10. The molecule has 0 aliphatic carbocycles. The standard InChI is InChI=1S/C11H14O.C4H8O2/c1-8(2)10-4-6-11(7-5-10)9(3)12;1-3(2)4(5)6/h4-8H,1-3H3;3H,1-2H3,(H,5,6). The quantitative estimate of drug-likeness (QED) is 0.831. The van der Waals surface area contributed by atoms with Gasteiger partial charge in [-0.2, -0.15) is 0 Å². The Balaban J connectivity index is 0.000000411. The molecule has 0 fully saturated rings. The van der Waals surface area contributed by atoms with Crippen molar-refractivity contribution in [3.63, 3.8) is 0 Å². The Morgan fingerprint density at radius 1 is 1.00 bits per heavy atom. The van der Waals surface area contributed by atoms with Crippen molar-refractivity contribution < 1.29 is 14.7 Å². The summed E-state index contributed by atoms with van der Waals surface area (Å²) in [5.41, 5.74) is 2.07. The van der Waals surface area contributed by atoms with Crippen molar-refractivity contribution in [3.8, 4) is 0 Å². The Morgan fingerprint density at radius 3 is 1.61 bits per heavy atom. The van der Waals surface area contributed by atoms with Crippen LogP contribution in [0.15, 0.2) is 24.3 Å². The topological polar surface area (TPSA) is 54.4 Å². The molecule has 0 saturated carbocycles. The number of carbonyl (C=O) groups excluding carboxylic acids is 1. The summed E-state index contributed by atoms with van der Waals surface area (Å²) >= 11 is 0. The van der Waals surface area contributed by atoms with E-state index < -0.39 is 5.97 Å². The Hall–Kier alpha value is -1.64. The maximum Gasteiger partial charge on any atom is 0.305 e. The van der Waals surface area contributed by atoms with Gasteiger partial charge in [-0.15, -0.1) is 0 Å². The zero-order valence-corrected chi connectivity index (χ0v) is 11.7. The van der Waals surface area contributed by atoms with Crippen molar-refractivity contribution in [1.82, 2.24) is 0 Å². The number of carboxylic acid groups (broad SMARTS) is 1. The number of hydrogen-bond donors (Lipinski definition) is 1. The molecule has 0 aliphatic heterocycles. The van der Waals surface area contributed by atoms with Crippen LogP contribution in [0.2, 0.25) is 0 Å². The first-order valence-corrected chi connectivity index (χ1v) is 6.09. The van der Waals surface area contributed by atoms with E-state index in [4.69, 9.17) is 5.11 Å². The summed E-state index contributed by atoms with van der Waals surface area (Å²) in [5.74, 6) is -0.309. The van der Waals surface area contributed by atoms with E-state index in [1.807, 2.05) is 24.3 Å². The first-order valence-electron chi connectivity index (χ1n) is 6.09. The maximum atomic E-state index is 10.9. The van der Waals surface area contributed by atoms with Crippen molar-refractivity contribution in [2.24, 2.45) is 5.92 Å². The molecular formula is C15H22O3. The van der Waals surface area contributed by atoms with Crippen molar-refractivity contribution in [1.29, 1.82) is 0 Å². The highest BCUT2D eigenvalue weighted by Gasteiger charge is 2.01. The van der Waals surface area contributed by atoms with Crippen LogP contribution < -0.4 is 0 Å². The second-order valence-corrected chi connectivity index (χ2v) is 4.83. The fraction of sp³-hybridized carbons (Fsp3) is 0.467. The lowest BCUT2D eigenvalue weighted by molar-refractivity contribution is -0.140. The molecule has 3 heteroatoms. The Labute approximate surface area is 109 Å². The largest absolute Gasteiger partial charge is 0.481 e. The number of Topliss-reactive ketones (excluding diaryl/α,β-unsaturated/α-hetero) is 1. The molecule has 0 saturated heterocycles. The number of carboxylic acids is 1. The van der Waals surface area contributed by atoms with Gasteiger partial charge in [0.05, 0.1) is 5.92 Å². The van der Waals surface area contributed by atoms with E-state index >= 15 is 0 Å². The monoisotopic (exact) mass is 250 g/mol. The molecule has 100 valence electrons. The molecule has 0 unspecified atom stereocenters. The number of rotatable bonds is 3. The summed E-state index contributed by atoms with van der Waals surface area (Å²) in [6, 6.07) is 7.80.